The fraction of sp³-hybridized carbons (Fsp3) is 0.571. The predicted octanol–water partition coefficient (Wildman–Crippen LogP) is 8.78. The summed E-state index contributed by atoms with van der Waals surface area (Å²) in [4.78, 5) is 0. The monoisotopic (exact) mass is 504 g/mol. The number of rotatable bonds is 12. The number of hydrogen-bond donors (Lipinski definition) is 0. The minimum atomic E-state index is 0.145. The first-order chi connectivity index (χ1) is 15.1. The molecule has 0 aliphatic carbocycles. The van der Waals surface area contributed by atoms with E-state index in [-0.39, 0.29) is 12.2 Å². The van der Waals surface area contributed by atoms with Crippen LogP contribution in [0.3, 0.4) is 0 Å². The Morgan fingerprint density at radius 1 is 0.719 bits per heavy atom. The molecule has 0 N–H and O–H groups in total. The Labute approximate surface area is 204 Å². The molecule has 4 heteroatoms. The molecule has 0 atom stereocenters. The van der Waals surface area contributed by atoms with Gasteiger partial charge in [0.25, 0.3) is 0 Å². The standard InChI is InChI=1S/C28H41BrO3/c1-18(2)30-26-17-22(7)28(23(8)25(26)13-11-9-10-12-14-29)32-24-15-20(5)27(21(6)16-24)31-19(3)4/h15-19H,9-14H2,1-8H3. The highest BCUT2D eigenvalue weighted by atomic mass is 79.9. The molecule has 0 amide bonds. The molecule has 2 aromatic carbocycles. The van der Waals surface area contributed by atoms with E-state index in [4.69, 9.17) is 14.2 Å². The molecule has 0 heterocycles. The Morgan fingerprint density at radius 2 is 1.28 bits per heavy atom. The summed E-state index contributed by atoms with van der Waals surface area (Å²) in [5, 5.41) is 1.08. The van der Waals surface area contributed by atoms with Crippen LogP contribution in [0.1, 0.15) is 81.2 Å². The van der Waals surface area contributed by atoms with Gasteiger partial charge in [0.05, 0.1) is 12.2 Å². The second-order valence-corrected chi connectivity index (χ2v) is 10.1. The van der Waals surface area contributed by atoms with Crippen molar-refractivity contribution in [2.45, 2.75) is 99.7 Å². The Hall–Kier alpha value is -1.68. The average molecular weight is 506 g/mol. The maximum absolute atomic E-state index is 6.49. The van der Waals surface area contributed by atoms with Crippen molar-refractivity contribution in [3.8, 4) is 23.0 Å². The minimum Gasteiger partial charge on any atom is -0.491 e. The Balaban J connectivity index is 2.35. The topological polar surface area (TPSA) is 27.7 Å². The molecule has 178 valence electrons. The smallest absolute Gasteiger partial charge is 0.133 e. The van der Waals surface area contributed by atoms with Crippen molar-refractivity contribution in [2.75, 3.05) is 5.33 Å². The highest BCUT2D eigenvalue weighted by Crippen LogP contribution is 2.39. The van der Waals surface area contributed by atoms with E-state index in [0.717, 1.165) is 57.9 Å². The van der Waals surface area contributed by atoms with E-state index in [9.17, 15) is 0 Å². The third-order valence-corrected chi connectivity index (χ3v) is 6.04. The maximum atomic E-state index is 6.49. The van der Waals surface area contributed by atoms with Crippen LogP contribution in [0.25, 0.3) is 0 Å². The summed E-state index contributed by atoms with van der Waals surface area (Å²) in [5.41, 5.74) is 5.73. The lowest BCUT2D eigenvalue weighted by atomic mass is 9.97. The van der Waals surface area contributed by atoms with E-state index >= 15 is 0 Å². The molecule has 2 rings (SSSR count). The van der Waals surface area contributed by atoms with Gasteiger partial charge in [0.15, 0.2) is 0 Å². The Kier molecular flexibility index (Phi) is 10.4. The number of unbranched alkanes of at least 4 members (excludes halogenated alkanes) is 3. The largest absolute Gasteiger partial charge is 0.491 e. The SMILES string of the molecule is Cc1cc(Oc2c(C)cc(OC(C)C)c(CCCCCCBr)c2C)cc(C)c1OC(C)C. The molecule has 0 saturated heterocycles. The van der Waals surface area contributed by atoms with Gasteiger partial charge in [0.2, 0.25) is 0 Å². The highest BCUT2D eigenvalue weighted by molar-refractivity contribution is 9.09. The van der Waals surface area contributed by atoms with Crippen LogP contribution < -0.4 is 14.2 Å². The second kappa shape index (κ2) is 12.5. The van der Waals surface area contributed by atoms with E-state index in [1.165, 1.54) is 30.4 Å². The van der Waals surface area contributed by atoms with E-state index in [0.29, 0.717) is 0 Å². The van der Waals surface area contributed by atoms with Gasteiger partial charge in [-0.25, -0.2) is 0 Å². The predicted molar refractivity (Wildman–Crippen MR) is 139 cm³/mol. The van der Waals surface area contributed by atoms with Gasteiger partial charge in [0, 0.05) is 10.9 Å². The lowest BCUT2D eigenvalue weighted by Crippen LogP contribution is -2.10. The van der Waals surface area contributed by atoms with E-state index in [1.54, 1.807) is 0 Å². The zero-order chi connectivity index (χ0) is 23.8. The first kappa shape index (κ1) is 26.6. The van der Waals surface area contributed by atoms with Crippen LogP contribution >= 0.6 is 15.9 Å². The molecule has 0 aliphatic heterocycles. The molecule has 0 unspecified atom stereocenters. The normalized spacial score (nSPS) is 11.3. The number of ether oxygens (including phenoxy) is 3. The van der Waals surface area contributed by atoms with Crippen LogP contribution in [-0.4, -0.2) is 17.5 Å². The molecule has 0 fully saturated rings. The molecule has 0 radical (unpaired) electrons. The summed E-state index contributed by atoms with van der Waals surface area (Å²) < 4.78 is 18.7. The van der Waals surface area contributed by atoms with Crippen molar-refractivity contribution in [1.82, 2.24) is 0 Å². The molecule has 32 heavy (non-hydrogen) atoms. The third-order valence-electron chi connectivity index (χ3n) is 5.48. The highest BCUT2D eigenvalue weighted by Gasteiger charge is 2.18. The number of benzene rings is 2. The average Bonchev–Trinajstić information content (AvgIpc) is 2.69. The van der Waals surface area contributed by atoms with Gasteiger partial charge in [-0.15, -0.1) is 0 Å². The third kappa shape index (κ3) is 7.43. The van der Waals surface area contributed by atoms with Gasteiger partial charge in [-0.1, -0.05) is 28.8 Å². The lowest BCUT2D eigenvalue weighted by Gasteiger charge is -2.22. The van der Waals surface area contributed by atoms with Crippen LogP contribution in [0.15, 0.2) is 18.2 Å². The fourth-order valence-electron chi connectivity index (χ4n) is 4.05. The Morgan fingerprint density at radius 3 is 1.84 bits per heavy atom. The number of halogens is 1. The van der Waals surface area contributed by atoms with Gasteiger partial charge >= 0.3 is 0 Å². The van der Waals surface area contributed by atoms with E-state index < -0.39 is 0 Å². The Bertz CT molecular complexity index is 864. The summed E-state index contributed by atoms with van der Waals surface area (Å²) in [6.07, 6.45) is 6.16. The second-order valence-electron chi connectivity index (χ2n) is 9.30. The summed E-state index contributed by atoms with van der Waals surface area (Å²) in [5.74, 6) is 3.73. The number of aryl methyl sites for hydroxylation is 3. The zero-order valence-electron chi connectivity index (χ0n) is 21.2. The molecule has 0 spiro atoms. The van der Waals surface area contributed by atoms with Gasteiger partial charge in [0.1, 0.15) is 23.0 Å². The van der Waals surface area contributed by atoms with Crippen molar-refractivity contribution in [1.29, 1.82) is 0 Å². The summed E-state index contributed by atoms with van der Waals surface area (Å²) in [7, 11) is 0. The van der Waals surface area contributed by atoms with Crippen LogP contribution in [0.4, 0.5) is 0 Å². The van der Waals surface area contributed by atoms with E-state index in [2.05, 4.69) is 89.5 Å². The van der Waals surface area contributed by atoms with Gasteiger partial charge in [-0.3, -0.25) is 0 Å². The van der Waals surface area contributed by atoms with Crippen LogP contribution in [0, 0.1) is 27.7 Å². The van der Waals surface area contributed by atoms with Gasteiger partial charge < -0.3 is 14.2 Å². The lowest BCUT2D eigenvalue weighted by molar-refractivity contribution is 0.238. The molecule has 3 nitrogen and oxygen atoms in total. The first-order valence-corrected chi connectivity index (χ1v) is 13.1. The van der Waals surface area contributed by atoms with Gasteiger partial charge in [-0.05, 0) is 115 Å². The molecular formula is C28H41BrO3. The molecule has 0 saturated carbocycles. The van der Waals surface area contributed by atoms with Crippen LogP contribution in [0.5, 0.6) is 23.0 Å². The summed E-state index contributed by atoms with van der Waals surface area (Å²) in [6, 6.07) is 6.29. The summed E-state index contributed by atoms with van der Waals surface area (Å²) in [6.45, 7) is 16.7. The first-order valence-electron chi connectivity index (χ1n) is 12.0. The van der Waals surface area contributed by atoms with Crippen molar-refractivity contribution in [3.63, 3.8) is 0 Å². The van der Waals surface area contributed by atoms with E-state index in [1.807, 2.05) is 0 Å². The zero-order valence-corrected chi connectivity index (χ0v) is 22.8. The van der Waals surface area contributed by atoms with Crippen molar-refractivity contribution in [2.24, 2.45) is 0 Å². The number of hydrogen-bond acceptors (Lipinski definition) is 3. The molecule has 0 bridgehead atoms. The van der Waals surface area contributed by atoms with Crippen LogP contribution in [-0.2, 0) is 6.42 Å². The van der Waals surface area contributed by atoms with Crippen molar-refractivity contribution < 1.29 is 14.2 Å². The minimum absolute atomic E-state index is 0.145. The molecule has 0 aliphatic rings. The fourth-order valence-corrected chi connectivity index (χ4v) is 4.45. The molecule has 0 aromatic heterocycles. The maximum Gasteiger partial charge on any atom is 0.133 e. The number of alkyl halides is 1. The van der Waals surface area contributed by atoms with Gasteiger partial charge in [-0.2, -0.15) is 0 Å². The molecular weight excluding hydrogens is 464 g/mol. The molecule has 2 aromatic rings. The summed E-state index contributed by atoms with van der Waals surface area (Å²) >= 11 is 3.53. The quantitative estimate of drug-likeness (QED) is 0.213. The van der Waals surface area contributed by atoms with Crippen molar-refractivity contribution >= 4 is 15.9 Å². The van der Waals surface area contributed by atoms with Crippen molar-refractivity contribution in [3.05, 3.63) is 46.0 Å². The van der Waals surface area contributed by atoms with Crippen LogP contribution in [0.2, 0.25) is 0 Å².